The van der Waals surface area contributed by atoms with E-state index in [9.17, 15) is 28.4 Å². The third kappa shape index (κ3) is 5.83. The van der Waals surface area contributed by atoms with Gasteiger partial charge in [0.1, 0.15) is 5.82 Å². The van der Waals surface area contributed by atoms with Crippen LogP contribution in [0.15, 0.2) is 87.4 Å². The van der Waals surface area contributed by atoms with E-state index in [1.54, 1.807) is 48.5 Å². The molecule has 1 aromatic heterocycles. The molecule has 42 heavy (non-hydrogen) atoms. The number of hydrogen-bond donors (Lipinski definition) is 1. The quantitative estimate of drug-likeness (QED) is 0.242. The molecule has 4 rings (SSSR count). The van der Waals surface area contributed by atoms with Crippen molar-refractivity contribution in [2.45, 2.75) is 55.4 Å². The van der Waals surface area contributed by atoms with Crippen LogP contribution in [0.4, 0.5) is 0 Å². The van der Waals surface area contributed by atoms with Gasteiger partial charge < -0.3 is 9.84 Å². The Kier molecular flexibility index (Phi) is 9.23. The Labute approximate surface area is 244 Å². The Bertz CT molecular complexity index is 1820. The van der Waals surface area contributed by atoms with Gasteiger partial charge in [0.2, 0.25) is 15.7 Å². The average molecular weight is 586 g/mol. The van der Waals surface area contributed by atoms with Gasteiger partial charge in [-0.3, -0.25) is 9.36 Å². The van der Waals surface area contributed by atoms with Crippen LogP contribution in [0, 0.1) is 11.3 Å². The Hall–Kier alpha value is -4.75. The zero-order valence-electron chi connectivity index (χ0n) is 23.6. The maximum absolute atomic E-state index is 14.0. The summed E-state index contributed by atoms with van der Waals surface area (Å²) in [7, 11) is -3.24. The predicted octanol–water partition coefficient (Wildman–Crippen LogP) is 5.45. The number of esters is 1. The van der Waals surface area contributed by atoms with Gasteiger partial charge in [-0.05, 0) is 59.9 Å². The number of carbonyl (C=O) groups excluding carboxylic acids is 1. The fourth-order valence-electron chi connectivity index (χ4n) is 4.95. The van der Waals surface area contributed by atoms with Gasteiger partial charge in [-0.15, -0.1) is 0 Å². The van der Waals surface area contributed by atoms with Crippen LogP contribution in [0.5, 0.6) is 5.88 Å². The minimum Gasteiger partial charge on any atom is -0.492 e. The molecule has 10 heteroatoms. The minimum atomic E-state index is -4.52. The maximum atomic E-state index is 14.0. The Balaban J connectivity index is 1.86. The summed E-state index contributed by atoms with van der Waals surface area (Å²) in [6, 6.07) is 20.7. The zero-order chi connectivity index (χ0) is 30.4. The summed E-state index contributed by atoms with van der Waals surface area (Å²) in [6.45, 7) is 3.83. The van der Waals surface area contributed by atoms with E-state index in [2.05, 4.69) is 11.1 Å². The van der Waals surface area contributed by atoms with Crippen LogP contribution in [0.25, 0.3) is 11.1 Å². The summed E-state index contributed by atoms with van der Waals surface area (Å²) in [5, 5.41) is 20.3. The van der Waals surface area contributed by atoms with E-state index >= 15 is 0 Å². The summed E-state index contributed by atoms with van der Waals surface area (Å²) in [4.78, 5) is 29.5. The van der Waals surface area contributed by atoms with Crippen LogP contribution in [-0.2, 0) is 21.0 Å². The topological polar surface area (TPSA) is 139 Å². The highest BCUT2D eigenvalue weighted by Crippen LogP contribution is 2.31. The number of ether oxygens (including phenoxy) is 1. The predicted molar refractivity (Wildman–Crippen MR) is 157 cm³/mol. The second-order valence-corrected chi connectivity index (χ2v) is 11.6. The van der Waals surface area contributed by atoms with Gasteiger partial charge in [0, 0.05) is 6.42 Å². The Morgan fingerprint density at radius 2 is 1.79 bits per heavy atom. The van der Waals surface area contributed by atoms with Crippen LogP contribution in [-0.4, -0.2) is 36.2 Å². The highest BCUT2D eigenvalue weighted by molar-refractivity contribution is 7.91. The number of nitrogens with zero attached hydrogens (tertiary/aromatic N) is 3. The SMILES string of the molecule is CCCCc1nc(O)c(S(=O)(=O)c2ccc(-c3ccccc3C(=O)OC)cc2)c(=O)n1[C@@H](CC)c1cccc(C#N)c1. The van der Waals surface area contributed by atoms with E-state index in [1.807, 2.05) is 13.8 Å². The summed E-state index contributed by atoms with van der Waals surface area (Å²) in [5.41, 5.74) is 1.60. The minimum absolute atomic E-state index is 0.219. The second kappa shape index (κ2) is 12.8. The van der Waals surface area contributed by atoms with Gasteiger partial charge in [0.15, 0.2) is 4.90 Å². The fraction of sp³-hybridized carbons (Fsp3) is 0.250. The first-order chi connectivity index (χ1) is 20.2. The van der Waals surface area contributed by atoms with Crippen molar-refractivity contribution >= 4 is 15.8 Å². The summed E-state index contributed by atoms with van der Waals surface area (Å²) >= 11 is 0. The zero-order valence-corrected chi connectivity index (χ0v) is 24.4. The molecule has 0 saturated carbocycles. The first-order valence-corrected chi connectivity index (χ1v) is 15.0. The third-order valence-electron chi connectivity index (χ3n) is 7.06. The van der Waals surface area contributed by atoms with E-state index < -0.39 is 38.2 Å². The van der Waals surface area contributed by atoms with Crippen molar-refractivity contribution in [3.63, 3.8) is 0 Å². The highest BCUT2D eigenvalue weighted by atomic mass is 32.2. The fourth-order valence-corrected chi connectivity index (χ4v) is 6.30. The van der Waals surface area contributed by atoms with E-state index in [0.717, 1.165) is 6.42 Å². The maximum Gasteiger partial charge on any atom is 0.338 e. The molecule has 0 aliphatic carbocycles. The first kappa shape index (κ1) is 30.2. The third-order valence-corrected chi connectivity index (χ3v) is 8.85. The van der Waals surface area contributed by atoms with Crippen LogP contribution >= 0.6 is 0 Å². The average Bonchev–Trinajstić information content (AvgIpc) is 3.01. The number of rotatable bonds is 10. The smallest absolute Gasteiger partial charge is 0.338 e. The molecule has 1 atom stereocenters. The normalized spacial score (nSPS) is 12.0. The van der Waals surface area contributed by atoms with E-state index in [-0.39, 0.29) is 10.7 Å². The Morgan fingerprint density at radius 1 is 1.07 bits per heavy atom. The van der Waals surface area contributed by atoms with Crippen LogP contribution in [0.3, 0.4) is 0 Å². The van der Waals surface area contributed by atoms with Crippen LogP contribution in [0.1, 0.15) is 66.5 Å². The second-order valence-electron chi connectivity index (χ2n) is 9.69. The van der Waals surface area contributed by atoms with Crippen LogP contribution in [0.2, 0.25) is 0 Å². The number of hydrogen-bond acceptors (Lipinski definition) is 8. The van der Waals surface area contributed by atoms with Crippen molar-refractivity contribution in [1.82, 2.24) is 9.55 Å². The van der Waals surface area contributed by atoms with Crippen LogP contribution < -0.4 is 5.56 Å². The van der Waals surface area contributed by atoms with Gasteiger partial charge in [0.25, 0.3) is 5.56 Å². The molecule has 0 aliphatic rings. The number of aryl methyl sites for hydroxylation is 1. The van der Waals surface area contributed by atoms with Crippen molar-refractivity contribution in [2.24, 2.45) is 0 Å². The van der Waals surface area contributed by atoms with Gasteiger partial charge in [-0.2, -0.15) is 10.2 Å². The van der Waals surface area contributed by atoms with E-state index in [4.69, 9.17) is 4.74 Å². The monoisotopic (exact) mass is 585 g/mol. The van der Waals surface area contributed by atoms with Gasteiger partial charge in [-0.1, -0.05) is 62.7 Å². The molecule has 1 heterocycles. The van der Waals surface area contributed by atoms with Gasteiger partial charge in [-0.25, -0.2) is 13.2 Å². The lowest BCUT2D eigenvalue weighted by Gasteiger charge is -2.23. The van der Waals surface area contributed by atoms with Crippen molar-refractivity contribution < 1.29 is 23.1 Å². The molecule has 9 nitrogen and oxygen atoms in total. The van der Waals surface area contributed by atoms with Crippen molar-refractivity contribution in [1.29, 1.82) is 5.26 Å². The molecule has 0 bridgehead atoms. The summed E-state index contributed by atoms with van der Waals surface area (Å²) < 4.78 is 33.9. The molecular weight excluding hydrogens is 554 g/mol. The number of benzene rings is 3. The van der Waals surface area contributed by atoms with Gasteiger partial charge in [0.05, 0.1) is 35.2 Å². The van der Waals surface area contributed by atoms with Crippen molar-refractivity contribution in [3.05, 3.63) is 106 Å². The van der Waals surface area contributed by atoms with Crippen molar-refractivity contribution in [2.75, 3.05) is 7.11 Å². The molecule has 0 radical (unpaired) electrons. The molecular formula is C32H31N3O6S. The van der Waals surface area contributed by atoms with E-state index in [1.165, 1.54) is 35.9 Å². The molecule has 0 unspecified atom stereocenters. The number of carbonyl (C=O) groups is 1. The largest absolute Gasteiger partial charge is 0.492 e. The van der Waals surface area contributed by atoms with E-state index in [0.29, 0.717) is 47.1 Å². The molecule has 216 valence electrons. The lowest BCUT2D eigenvalue weighted by molar-refractivity contribution is 0.0601. The van der Waals surface area contributed by atoms with Crippen molar-refractivity contribution in [3.8, 4) is 23.1 Å². The highest BCUT2D eigenvalue weighted by Gasteiger charge is 2.31. The number of aromatic nitrogens is 2. The van der Waals surface area contributed by atoms with Gasteiger partial charge >= 0.3 is 5.97 Å². The molecule has 0 spiro atoms. The number of nitriles is 1. The molecule has 3 aromatic carbocycles. The molecule has 0 fully saturated rings. The Morgan fingerprint density at radius 3 is 2.43 bits per heavy atom. The molecule has 0 saturated heterocycles. The molecule has 0 aliphatic heterocycles. The number of methoxy groups -OCH3 is 1. The number of sulfone groups is 1. The summed E-state index contributed by atoms with van der Waals surface area (Å²) in [6.07, 6.45) is 2.22. The molecule has 0 amide bonds. The first-order valence-electron chi connectivity index (χ1n) is 13.5. The standard InChI is InChI=1S/C32H31N3O6S/c1-4-6-14-28-34-30(36)29(31(37)35(28)27(5-2)23-11-9-10-21(19-23)20-33)42(39,40)24-17-15-22(16-18-24)25-12-7-8-13-26(25)32(38)41-3/h7-13,15-19,27,36H,4-6,14H2,1-3H3/t27-/m0/s1. The summed E-state index contributed by atoms with van der Waals surface area (Å²) in [5.74, 6) is -1.13. The molecule has 1 N–H and O–H groups in total. The number of unbranched alkanes of at least 4 members (excludes halogenated alkanes) is 1. The number of aromatic hydroxyl groups is 1. The lowest BCUT2D eigenvalue weighted by Crippen LogP contribution is -2.33. The lowest BCUT2D eigenvalue weighted by atomic mass is 10.00. The molecule has 4 aromatic rings.